The Morgan fingerprint density at radius 3 is 2.43 bits per heavy atom. The molecule has 0 aliphatic heterocycles. The third kappa shape index (κ3) is 3.56. The monoisotopic (exact) mass is 321 g/mol. The molecule has 1 aromatic carbocycles. The van der Waals surface area contributed by atoms with Gasteiger partial charge >= 0.3 is 0 Å². The summed E-state index contributed by atoms with van der Waals surface area (Å²) in [6, 6.07) is 4.03. The molecule has 23 heavy (non-hydrogen) atoms. The van der Waals surface area contributed by atoms with Gasteiger partial charge in [-0.2, -0.15) is 0 Å². The topological polar surface area (TPSA) is 29.1 Å². The van der Waals surface area contributed by atoms with Crippen LogP contribution in [0.5, 0.6) is 0 Å². The van der Waals surface area contributed by atoms with Crippen molar-refractivity contribution in [2.75, 3.05) is 6.54 Å². The predicted molar refractivity (Wildman–Crippen MR) is 86.0 cm³/mol. The van der Waals surface area contributed by atoms with Crippen molar-refractivity contribution < 1.29 is 13.6 Å². The molecule has 1 unspecified atom stereocenters. The summed E-state index contributed by atoms with van der Waals surface area (Å²) in [4.78, 5) is 12.2. The lowest BCUT2D eigenvalue weighted by Gasteiger charge is -2.31. The molecule has 2 aliphatic rings. The second-order valence-electron chi connectivity index (χ2n) is 7.38. The van der Waals surface area contributed by atoms with Crippen molar-refractivity contribution in [1.82, 2.24) is 5.32 Å². The summed E-state index contributed by atoms with van der Waals surface area (Å²) >= 11 is 0. The number of benzene rings is 1. The molecule has 0 spiro atoms. The van der Waals surface area contributed by atoms with Crippen LogP contribution < -0.4 is 5.32 Å². The zero-order valence-corrected chi connectivity index (χ0v) is 13.7. The van der Waals surface area contributed by atoms with Crippen LogP contribution in [0.4, 0.5) is 8.78 Å². The van der Waals surface area contributed by atoms with Gasteiger partial charge in [0.2, 0.25) is 5.91 Å². The molecule has 2 fully saturated rings. The van der Waals surface area contributed by atoms with Crippen LogP contribution in [0.25, 0.3) is 0 Å². The zero-order chi connectivity index (χ0) is 16.4. The predicted octanol–water partition coefficient (Wildman–Crippen LogP) is 4.33. The Balaban J connectivity index is 1.70. The van der Waals surface area contributed by atoms with Gasteiger partial charge in [-0.3, -0.25) is 4.79 Å². The van der Waals surface area contributed by atoms with Crippen molar-refractivity contribution >= 4 is 5.91 Å². The maximum absolute atomic E-state index is 14.2. The normalized spacial score (nSPS) is 21.2. The van der Waals surface area contributed by atoms with E-state index in [0.29, 0.717) is 24.8 Å². The Morgan fingerprint density at radius 2 is 1.87 bits per heavy atom. The molecular weight excluding hydrogens is 296 g/mol. The van der Waals surface area contributed by atoms with Crippen LogP contribution in [-0.4, -0.2) is 12.5 Å². The van der Waals surface area contributed by atoms with Crippen molar-refractivity contribution in [2.45, 2.75) is 57.3 Å². The number of carbonyl (C=O) groups excluding carboxylic acids is 1. The average Bonchev–Trinajstić information content (AvgIpc) is 3.26. The Morgan fingerprint density at radius 1 is 1.26 bits per heavy atom. The zero-order valence-electron chi connectivity index (χ0n) is 13.7. The minimum absolute atomic E-state index is 0.00687. The number of halogens is 2. The molecule has 2 aliphatic carbocycles. The first-order chi connectivity index (χ1) is 11.0. The Kier molecular flexibility index (Phi) is 4.69. The molecule has 2 saturated carbocycles. The third-order valence-corrected chi connectivity index (χ3v) is 5.61. The van der Waals surface area contributed by atoms with Gasteiger partial charge in [0.15, 0.2) is 0 Å². The first-order valence-corrected chi connectivity index (χ1v) is 8.73. The summed E-state index contributed by atoms with van der Waals surface area (Å²) in [5.41, 5.74) is -0.429. The summed E-state index contributed by atoms with van der Waals surface area (Å²) in [7, 11) is 0. The van der Waals surface area contributed by atoms with E-state index in [1.54, 1.807) is 0 Å². The van der Waals surface area contributed by atoms with Gasteiger partial charge in [-0.05, 0) is 49.7 Å². The number of nitrogens with one attached hydrogen (secondary N) is 1. The minimum atomic E-state index is -0.589. The SMILES string of the molecule is CC(CC(=O)NCC1(c2c(F)cccc2F)CCCC1)C1CC1. The van der Waals surface area contributed by atoms with E-state index in [9.17, 15) is 13.6 Å². The van der Waals surface area contributed by atoms with Gasteiger partial charge in [-0.15, -0.1) is 0 Å². The first-order valence-electron chi connectivity index (χ1n) is 8.73. The number of carbonyl (C=O) groups is 1. The maximum Gasteiger partial charge on any atom is 0.220 e. The molecule has 1 aromatic rings. The lowest BCUT2D eigenvalue weighted by atomic mass is 9.78. The molecule has 0 aromatic heterocycles. The van der Waals surface area contributed by atoms with Gasteiger partial charge in [0, 0.05) is 23.9 Å². The van der Waals surface area contributed by atoms with E-state index in [1.807, 2.05) is 0 Å². The average molecular weight is 321 g/mol. The van der Waals surface area contributed by atoms with Crippen LogP contribution in [0.1, 0.15) is 57.4 Å². The van der Waals surface area contributed by atoms with E-state index >= 15 is 0 Å². The molecule has 4 heteroatoms. The standard InChI is InChI=1S/C19H25F2NO/c1-13(14-7-8-14)11-17(23)22-12-19(9-2-3-10-19)18-15(20)5-4-6-16(18)21/h4-6,13-14H,2-3,7-12H2,1H3,(H,22,23). The van der Waals surface area contributed by atoms with Crippen molar-refractivity contribution in [3.8, 4) is 0 Å². The van der Waals surface area contributed by atoms with Gasteiger partial charge in [-0.25, -0.2) is 8.78 Å². The first kappa shape index (κ1) is 16.4. The van der Waals surface area contributed by atoms with E-state index < -0.39 is 17.0 Å². The molecule has 3 rings (SSSR count). The second-order valence-corrected chi connectivity index (χ2v) is 7.38. The molecule has 1 amide bonds. The summed E-state index contributed by atoms with van der Waals surface area (Å²) in [6.45, 7) is 2.44. The highest BCUT2D eigenvalue weighted by molar-refractivity contribution is 5.76. The van der Waals surface area contributed by atoms with Crippen molar-refractivity contribution in [3.63, 3.8) is 0 Å². The molecular formula is C19H25F2NO. The summed E-state index contributed by atoms with van der Waals surface area (Å²) in [5, 5.41) is 2.96. The maximum atomic E-state index is 14.2. The van der Waals surface area contributed by atoms with E-state index in [1.165, 1.54) is 31.0 Å². The van der Waals surface area contributed by atoms with Crippen LogP contribution in [0, 0.1) is 23.5 Å². The fraction of sp³-hybridized carbons (Fsp3) is 0.632. The van der Waals surface area contributed by atoms with E-state index in [4.69, 9.17) is 0 Å². The third-order valence-electron chi connectivity index (χ3n) is 5.61. The van der Waals surface area contributed by atoms with E-state index in [0.717, 1.165) is 25.7 Å². The smallest absolute Gasteiger partial charge is 0.220 e. The highest BCUT2D eigenvalue weighted by Crippen LogP contribution is 2.43. The van der Waals surface area contributed by atoms with E-state index in [2.05, 4.69) is 12.2 Å². The highest BCUT2D eigenvalue weighted by Gasteiger charge is 2.40. The van der Waals surface area contributed by atoms with Crippen molar-refractivity contribution in [2.24, 2.45) is 11.8 Å². The Labute approximate surface area is 136 Å². The molecule has 1 N–H and O–H groups in total. The van der Waals surface area contributed by atoms with Gasteiger partial charge < -0.3 is 5.32 Å². The van der Waals surface area contributed by atoms with Crippen LogP contribution >= 0.6 is 0 Å². The fourth-order valence-electron chi connectivity index (χ4n) is 4.04. The van der Waals surface area contributed by atoms with Crippen molar-refractivity contribution in [3.05, 3.63) is 35.4 Å². The number of hydrogen-bond acceptors (Lipinski definition) is 1. The van der Waals surface area contributed by atoms with Gasteiger partial charge in [-0.1, -0.05) is 25.8 Å². The minimum Gasteiger partial charge on any atom is -0.355 e. The van der Waals surface area contributed by atoms with Gasteiger partial charge in [0.1, 0.15) is 11.6 Å². The summed E-state index contributed by atoms with van der Waals surface area (Å²) < 4.78 is 28.5. The molecule has 0 heterocycles. The van der Waals surface area contributed by atoms with E-state index in [-0.39, 0.29) is 11.5 Å². The molecule has 0 bridgehead atoms. The largest absolute Gasteiger partial charge is 0.355 e. The lowest BCUT2D eigenvalue weighted by Crippen LogP contribution is -2.40. The van der Waals surface area contributed by atoms with Gasteiger partial charge in [0.05, 0.1) is 0 Å². The molecule has 0 saturated heterocycles. The molecule has 126 valence electrons. The second kappa shape index (κ2) is 6.58. The Hall–Kier alpha value is -1.45. The number of amides is 1. The van der Waals surface area contributed by atoms with Crippen LogP contribution in [-0.2, 0) is 10.2 Å². The fourth-order valence-corrected chi connectivity index (χ4v) is 4.04. The Bertz CT molecular complexity index is 556. The highest BCUT2D eigenvalue weighted by atomic mass is 19.1. The molecule has 2 nitrogen and oxygen atoms in total. The molecule has 0 radical (unpaired) electrons. The van der Waals surface area contributed by atoms with Crippen molar-refractivity contribution in [1.29, 1.82) is 0 Å². The van der Waals surface area contributed by atoms with Crippen LogP contribution in [0.15, 0.2) is 18.2 Å². The summed E-state index contributed by atoms with van der Waals surface area (Å²) in [6.07, 6.45) is 6.30. The van der Waals surface area contributed by atoms with Crippen LogP contribution in [0.3, 0.4) is 0 Å². The van der Waals surface area contributed by atoms with Crippen LogP contribution in [0.2, 0.25) is 0 Å². The number of hydrogen-bond donors (Lipinski definition) is 1. The number of rotatable bonds is 6. The van der Waals surface area contributed by atoms with Gasteiger partial charge in [0.25, 0.3) is 0 Å². The quantitative estimate of drug-likeness (QED) is 0.830. The lowest BCUT2D eigenvalue weighted by molar-refractivity contribution is -0.122. The molecule has 1 atom stereocenters. The summed E-state index contributed by atoms with van der Waals surface area (Å²) in [5.74, 6) is 0.109.